The van der Waals surface area contributed by atoms with E-state index in [0.717, 1.165) is 37.5 Å². The molecule has 0 aliphatic rings. The van der Waals surface area contributed by atoms with Crippen LogP contribution >= 0.6 is 15.9 Å². The van der Waals surface area contributed by atoms with Crippen molar-refractivity contribution in [1.29, 1.82) is 0 Å². The number of aliphatic hydroxyl groups excluding tert-OH is 1. The molecule has 0 amide bonds. The van der Waals surface area contributed by atoms with Gasteiger partial charge in [-0.1, -0.05) is 58.4 Å². The Balaban J connectivity index is 2.21. The monoisotopic (exact) mass is 340 g/mol. The van der Waals surface area contributed by atoms with Gasteiger partial charge in [0.1, 0.15) is 6.10 Å². The van der Waals surface area contributed by atoms with E-state index in [4.69, 9.17) is 0 Å². The van der Waals surface area contributed by atoms with Crippen molar-refractivity contribution in [3.63, 3.8) is 0 Å². The fourth-order valence-electron chi connectivity index (χ4n) is 2.87. The summed E-state index contributed by atoms with van der Waals surface area (Å²) >= 11 is 3.47. The molecule has 0 aromatic heterocycles. The Bertz CT molecular complexity index is 808. The Morgan fingerprint density at radius 1 is 0.905 bits per heavy atom. The van der Waals surface area contributed by atoms with Crippen LogP contribution in [-0.2, 0) is 0 Å². The largest absolute Gasteiger partial charge is 0.384 e. The first-order valence-electron chi connectivity index (χ1n) is 7.00. The molecule has 1 unspecified atom stereocenters. The van der Waals surface area contributed by atoms with Crippen LogP contribution in [0, 0.1) is 13.8 Å². The highest BCUT2D eigenvalue weighted by molar-refractivity contribution is 9.10. The molecule has 1 atom stereocenters. The van der Waals surface area contributed by atoms with Crippen molar-refractivity contribution in [1.82, 2.24) is 0 Å². The number of fused-ring (bicyclic) bond motifs is 1. The van der Waals surface area contributed by atoms with Gasteiger partial charge in [-0.25, -0.2) is 0 Å². The summed E-state index contributed by atoms with van der Waals surface area (Å²) in [5.74, 6) is 0. The SMILES string of the molecule is Cc1cc(Br)ccc1C(O)c1c(C)ccc2ccccc12. The number of rotatable bonds is 2. The maximum absolute atomic E-state index is 10.9. The summed E-state index contributed by atoms with van der Waals surface area (Å²) < 4.78 is 1.03. The summed E-state index contributed by atoms with van der Waals surface area (Å²) in [5, 5.41) is 13.2. The predicted molar refractivity (Wildman–Crippen MR) is 91.6 cm³/mol. The number of halogens is 1. The third-order valence-electron chi connectivity index (χ3n) is 3.99. The standard InChI is InChI=1S/C19H17BrO/c1-12-7-8-14-5-3-4-6-17(14)18(12)19(21)16-10-9-15(20)11-13(16)2/h3-11,19,21H,1-2H3. The summed E-state index contributed by atoms with van der Waals surface area (Å²) in [6, 6.07) is 18.4. The quantitative estimate of drug-likeness (QED) is 0.670. The topological polar surface area (TPSA) is 20.2 Å². The van der Waals surface area contributed by atoms with Gasteiger partial charge in [-0.2, -0.15) is 0 Å². The average molecular weight is 341 g/mol. The minimum Gasteiger partial charge on any atom is -0.384 e. The second kappa shape index (κ2) is 5.63. The summed E-state index contributed by atoms with van der Waals surface area (Å²) in [5.41, 5.74) is 4.16. The number of hydrogen-bond acceptors (Lipinski definition) is 1. The third kappa shape index (κ3) is 2.61. The molecule has 0 bridgehead atoms. The first kappa shape index (κ1) is 14.3. The second-order valence-corrected chi connectivity index (χ2v) is 6.34. The molecule has 0 saturated heterocycles. The van der Waals surface area contributed by atoms with Crippen molar-refractivity contribution in [3.8, 4) is 0 Å². The minimum absolute atomic E-state index is 0.607. The Kier molecular flexibility index (Phi) is 3.83. The molecule has 1 nitrogen and oxygen atoms in total. The molecule has 0 saturated carbocycles. The molecule has 3 aromatic rings. The molecule has 1 N–H and O–H groups in total. The summed E-state index contributed by atoms with van der Waals surface area (Å²) in [7, 11) is 0. The lowest BCUT2D eigenvalue weighted by atomic mass is 9.90. The number of aliphatic hydroxyl groups is 1. The van der Waals surface area contributed by atoms with E-state index in [-0.39, 0.29) is 0 Å². The lowest BCUT2D eigenvalue weighted by Crippen LogP contribution is -2.05. The fourth-order valence-corrected chi connectivity index (χ4v) is 3.34. The first-order chi connectivity index (χ1) is 10.1. The van der Waals surface area contributed by atoms with Gasteiger partial charge in [0.05, 0.1) is 0 Å². The van der Waals surface area contributed by atoms with Crippen LogP contribution in [-0.4, -0.2) is 5.11 Å². The lowest BCUT2D eigenvalue weighted by Gasteiger charge is -2.19. The first-order valence-corrected chi connectivity index (χ1v) is 7.79. The summed E-state index contributed by atoms with van der Waals surface area (Å²) in [4.78, 5) is 0. The van der Waals surface area contributed by atoms with Gasteiger partial charge in [0.2, 0.25) is 0 Å². The van der Waals surface area contributed by atoms with Crippen molar-refractivity contribution in [3.05, 3.63) is 81.3 Å². The molecule has 0 heterocycles. The molecule has 2 heteroatoms. The van der Waals surface area contributed by atoms with E-state index in [2.05, 4.69) is 47.1 Å². The van der Waals surface area contributed by atoms with Crippen LogP contribution in [0.1, 0.15) is 28.4 Å². The fraction of sp³-hybridized carbons (Fsp3) is 0.158. The van der Waals surface area contributed by atoms with Crippen LogP contribution in [0.2, 0.25) is 0 Å². The average Bonchev–Trinajstić information content (AvgIpc) is 2.46. The van der Waals surface area contributed by atoms with Crippen molar-refractivity contribution >= 4 is 26.7 Å². The smallest absolute Gasteiger partial charge is 0.105 e. The number of benzene rings is 3. The molecular formula is C19H17BrO. The number of hydrogen-bond donors (Lipinski definition) is 1. The molecule has 0 aliphatic carbocycles. The normalized spacial score (nSPS) is 12.6. The van der Waals surface area contributed by atoms with Gasteiger partial charge in [-0.3, -0.25) is 0 Å². The van der Waals surface area contributed by atoms with Crippen LogP contribution < -0.4 is 0 Å². The summed E-state index contributed by atoms with van der Waals surface area (Å²) in [6.07, 6.45) is -0.607. The Morgan fingerprint density at radius 2 is 1.67 bits per heavy atom. The summed E-state index contributed by atoms with van der Waals surface area (Å²) in [6.45, 7) is 4.09. The van der Waals surface area contributed by atoms with Gasteiger partial charge in [0.15, 0.2) is 0 Å². The Morgan fingerprint density at radius 3 is 2.43 bits per heavy atom. The van der Waals surface area contributed by atoms with Gasteiger partial charge in [0.25, 0.3) is 0 Å². The third-order valence-corrected chi connectivity index (χ3v) is 4.48. The van der Waals surface area contributed by atoms with Gasteiger partial charge < -0.3 is 5.11 Å². The Labute approximate surface area is 133 Å². The molecule has 3 aromatic carbocycles. The highest BCUT2D eigenvalue weighted by Crippen LogP contribution is 2.33. The second-order valence-electron chi connectivity index (χ2n) is 5.42. The lowest BCUT2D eigenvalue weighted by molar-refractivity contribution is 0.220. The van der Waals surface area contributed by atoms with Crippen molar-refractivity contribution in [2.24, 2.45) is 0 Å². The molecule has 21 heavy (non-hydrogen) atoms. The van der Waals surface area contributed by atoms with E-state index >= 15 is 0 Å². The van der Waals surface area contributed by atoms with Crippen LogP contribution in [0.5, 0.6) is 0 Å². The zero-order valence-corrected chi connectivity index (χ0v) is 13.7. The van der Waals surface area contributed by atoms with E-state index in [1.165, 1.54) is 0 Å². The maximum Gasteiger partial charge on any atom is 0.105 e. The van der Waals surface area contributed by atoms with E-state index in [9.17, 15) is 5.11 Å². The van der Waals surface area contributed by atoms with Crippen LogP contribution in [0.4, 0.5) is 0 Å². The van der Waals surface area contributed by atoms with Crippen LogP contribution in [0.15, 0.2) is 59.1 Å². The highest BCUT2D eigenvalue weighted by atomic mass is 79.9. The van der Waals surface area contributed by atoms with E-state index in [1.54, 1.807) is 0 Å². The van der Waals surface area contributed by atoms with Gasteiger partial charge in [-0.15, -0.1) is 0 Å². The molecule has 0 aliphatic heterocycles. The zero-order chi connectivity index (χ0) is 15.0. The van der Waals surface area contributed by atoms with Gasteiger partial charge >= 0.3 is 0 Å². The minimum atomic E-state index is -0.607. The molecule has 0 fully saturated rings. The predicted octanol–water partition coefficient (Wildman–Crippen LogP) is 5.30. The van der Waals surface area contributed by atoms with Gasteiger partial charge in [0, 0.05) is 4.47 Å². The van der Waals surface area contributed by atoms with Gasteiger partial charge in [-0.05, 0) is 59.0 Å². The molecule has 0 radical (unpaired) electrons. The zero-order valence-electron chi connectivity index (χ0n) is 12.1. The molecular weight excluding hydrogens is 324 g/mol. The van der Waals surface area contributed by atoms with E-state index < -0.39 is 6.10 Å². The molecule has 0 spiro atoms. The highest BCUT2D eigenvalue weighted by Gasteiger charge is 2.17. The maximum atomic E-state index is 10.9. The van der Waals surface area contributed by atoms with Crippen LogP contribution in [0.25, 0.3) is 10.8 Å². The molecule has 106 valence electrons. The molecule has 3 rings (SSSR count). The number of aryl methyl sites for hydroxylation is 2. The van der Waals surface area contributed by atoms with Crippen LogP contribution in [0.3, 0.4) is 0 Å². The van der Waals surface area contributed by atoms with Crippen molar-refractivity contribution < 1.29 is 5.11 Å². The Hall–Kier alpha value is -1.64. The van der Waals surface area contributed by atoms with E-state index in [1.807, 2.05) is 37.3 Å². The van der Waals surface area contributed by atoms with Crippen molar-refractivity contribution in [2.75, 3.05) is 0 Å². The van der Waals surface area contributed by atoms with E-state index in [0.29, 0.717) is 0 Å². The van der Waals surface area contributed by atoms with Crippen molar-refractivity contribution in [2.45, 2.75) is 20.0 Å².